The number of hydrogen-bond acceptors (Lipinski definition) is 7. The van der Waals surface area contributed by atoms with E-state index >= 15 is 0 Å². The zero-order valence-electron chi connectivity index (χ0n) is 19.2. The van der Waals surface area contributed by atoms with Crippen molar-refractivity contribution in [1.29, 1.82) is 0 Å². The van der Waals surface area contributed by atoms with Crippen molar-refractivity contribution in [3.63, 3.8) is 0 Å². The van der Waals surface area contributed by atoms with E-state index in [4.69, 9.17) is 18.9 Å². The van der Waals surface area contributed by atoms with E-state index < -0.39 is 24.2 Å². The number of carbonyl (C=O) groups excluding carboxylic acids is 2. The minimum atomic E-state index is -1.17. The molecule has 0 bridgehead atoms. The Balaban J connectivity index is 1.99. The molecule has 2 atom stereocenters. The van der Waals surface area contributed by atoms with Gasteiger partial charge in [0.25, 0.3) is 6.23 Å². The third kappa shape index (κ3) is 4.06. The third-order valence-corrected chi connectivity index (χ3v) is 5.65. The Kier molecular flexibility index (Phi) is 6.40. The Morgan fingerprint density at radius 1 is 0.970 bits per heavy atom. The van der Waals surface area contributed by atoms with Crippen molar-refractivity contribution in [2.75, 3.05) is 25.2 Å². The van der Waals surface area contributed by atoms with Crippen LogP contribution in [0.2, 0.25) is 0 Å². The Morgan fingerprint density at radius 3 is 2.39 bits per heavy atom. The molecule has 1 aliphatic heterocycles. The van der Waals surface area contributed by atoms with Crippen LogP contribution >= 0.6 is 0 Å². The summed E-state index contributed by atoms with van der Waals surface area (Å²) in [6.45, 7) is 5.76. The highest BCUT2D eigenvalue weighted by molar-refractivity contribution is 5.97. The maximum Gasteiger partial charge on any atom is 0.369 e. The van der Waals surface area contributed by atoms with Gasteiger partial charge in [-0.25, -0.2) is 9.59 Å². The lowest BCUT2D eigenvalue weighted by molar-refractivity contribution is -0.154. The molecule has 1 aliphatic rings. The van der Waals surface area contributed by atoms with Gasteiger partial charge in [-0.05, 0) is 61.4 Å². The molecule has 0 saturated carbocycles. The SMILES string of the molecule is CCOC(=O)[C@@H]1Oc2ccc3ccccc3c2[C@H](C(=O)OCC)N1c1ccc(OC)cc1C. The lowest BCUT2D eigenvalue weighted by Crippen LogP contribution is -2.53. The van der Waals surface area contributed by atoms with E-state index in [2.05, 4.69) is 0 Å². The molecule has 3 aromatic rings. The standard InChI is InChI=1S/C26H27NO6/c1-5-31-25(28)23-22-19-10-8-7-9-17(19)11-14-21(22)33-24(26(29)32-6-2)27(23)20-13-12-18(30-4)15-16(20)3/h7-15,23-24H,5-6H2,1-4H3/t23-,24+/m1/s1. The van der Waals surface area contributed by atoms with Gasteiger partial charge in [0.05, 0.1) is 20.3 Å². The molecule has 4 rings (SSSR count). The molecule has 1 heterocycles. The molecule has 0 saturated heterocycles. The zero-order chi connectivity index (χ0) is 23.5. The van der Waals surface area contributed by atoms with Crippen LogP contribution in [0.1, 0.15) is 31.0 Å². The van der Waals surface area contributed by atoms with Crippen LogP contribution in [0.25, 0.3) is 10.8 Å². The van der Waals surface area contributed by atoms with Crippen LogP contribution in [0.5, 0.6) is 11.5 Å². The van der Waals surface area contributed by atoms with Gasteiger partial charge in [0, 0.05) is 11.3 Å². The number of benzene rings is 3. The van der Waals surface area contributed by atoms with Crippen molar-refractivity contribution < 1.29 is 28.5 Å². The lowest BCUT2D eigenvalue weighted by atomic mass is 9.93. The fraction of sp³-hybridized carbons (Fsp3) is 0.308. The molecule has 0 aromatic heterocycles. The fourth-order valence-corrected chi connectivity index (χ4v) is 4.25. The van der Waals surface area contributed by atoms with Crippen LogP contribution in [0.15, 0.2) is 54.6 Å². The number of nitrogens with zero attached hydrogens (tertiary/aromatic N) is 1. The fourth-order valence-electron chi connectivity index (χ4n) is 4.25. The average molecular weight is 450 g/mol. The molecule has 0 N–H and O–H groups in total. The van der Waals surface area contributed by atoms with E-state index in [1.165, 1.54) is 0 Å². The smallest absolute Gasteiger partial charge is 0.369 e. The number of methoxy groups -OCH3 is 1. The number of anilines is 1. The normalized spacial score (nSPS) is 17.2. The van der Waals surface area contributed by atoms with Gasteiger partial charge >= 0.3 is 11.9 Å². The molecule has 0 spiro atoms. The molecule has 33 heavy (non-hydrogen) atoms. The highest BCUT2D eigenvalue weighted by Crippen LogP contribution is 2.45. The molecule has 0 aliphatic carbocycles. The Hall–Kier alpha value is -3.74. The number of carbonyl (C=O) groups is 2. The number of ether oxygens (including phenoxy) is 4. The van der Waals surface area contributed by atoms with Gasteiger partial charge in [-0.15, -0.1) is 0 Å². The maximum absolute atomic E-state index is 13.5. The molecule has 0 unspecified atom stereocenters. The summed E-state index contributed by atoms with van der Waals surface area (Å²) in [6.07, 6.45) is -1.17. The number of fused-ring (bicyclic) bond motifs is 3. The highest BCUT2D eigenvalue weighted by atomic mass is 16.6. The summed E-state index contributed by atoms with van der Waals surface area (Å²) in [5.74, 6) is 0.0661. The van der Waals surface area contributed by atoms with Crippen molar-refractivity contribution >= 4 is 28.4 Å². The van der Waals surface area contributed by atoms with Crippen LogP contribution in [0.3, 0.4) is 0 Å². The summed E-state index contributed by atoms with van der Waals surface area (Å²) in [5.41, 5.74) is 2.11. The Morgan fingerprint density at radius 2 is 1.70 bits per heavy atom. The number of rotatable bonds is 6. The Labute approximate surface area is 192 Å². The summed E-state index contributed by atoms with van der Waals surface area (Å²) < 4.78 is 22.4. The maximum atomic E-state index is 13.5. The van der Waals surface area contributed by atoms with Crippen LogP contribution < -0.4 is 14.4 Å². The van der Waals surface area contributed by atoms with Crippen molar-refractivity contribution in [2.45, 2.75) is 33.0 Å². The van der Waals surface area contributed by atoms with Crippen molar-refractivity contribution in [3.8, 4) is 11.5 Å². The monoisotopic (exact) mass is 449 g/mol. The van der Waals surface area contributed by atoms with Gasteiger partial charge in [-0.3, -0.25) is 0 Å². The molecule has 0 fully saturated rings. The molecule has 3 aromatic carbocycles. The van der Waals surface area contributed by atoms with Gasteiger partial charge in [0.2, 0.25) is 0 Å². The van der Waals surface area contributed by atoms with Gasteiger partial charge in [-0.1, -0.05) is 30.3 Å². The van der Waals surface area contributed by atoms with Gasteiger partial charge < -0.3 is 23.8 Å². The molecule has 0 radical (unpaired) electrons. The summed E-state index contributed by atoms with van der Waals surface area (Å²) in [6, 6.07) is 16.0. The molecule has 7 nitrogen and oxygen atoms in total. The summed E-state index contributed by atoms with van der Waals surface area (Å²) in [4.78, 5) is 28.2. The van der Waals surface area contributed by atoms with Gasteiger partial charge in [-0.2, -0.15) is 0 Å². The predicted octanol–water partition coefficient (Wildman–Crippen LogP) is 4.55. The number of aryl methyl sites for hydroxylation is 1. The topological polar surface area (TPSA) is 74.3 Å². The second-order valence-corrected chi connectivity index (χ2v) is 7.64. The molecule has 7 heteroatoms. The molecule has 172 valence electrons. The first-order valence-corrected chi connectivity index (χ1v) is 10.9. The van der Waals surface area contributed by atoms with Crippen LogP contribution in [-0.4, -0.2) is 38.5 Å². The van der Waals surface area contributed by atoms with Crippen LogP contribution in [0.4, 0.5) is 5.69 Å². The minimum absolute atomic E-state index is 0.183. The van der Waals surface area contributed by atoms with Crippen molar-refractivity contribution in [2.24, 2.45) is 0 Å². The summed E-state index contributed by atoms with van der Waals surface area (Å²) >= 11 is 0. The third-order valence-electron chi connectivity index (χ3n) is 5.65. The van der Waals surface area contributed by atoms with E-state index in [0.29, 0.717) is 22.7 Å². The van der Waals surface area contributed by atoms with E-state index in [9.17, 15) is 9.59 Å². The second-order valence-electron chi connectivity index (χ2n) is 7.64. The van der Waals surface area contributed by atoms with Crippen LogP contribution in [0, 0.1) is 6.92 Å². The summed E-state index contributed by atoms with van der Waals surface area (Å²) in [7, 11) is 1.59. The van der Waals surface area contributed by atoms with E-state index in [1.54, 1.807) is 38.0 Å². The number of hydrogen-bond donors (Lipinski definition) is 0. The van der Waals surface area contributed by atoms with Crippen molar-refractivity contribution in [1.82, 2.24) is 0 Å². The molecule has 0 amide bonds. The van der Waals surface area contributed by atoms with Crippen LogP contribution in [-0.2, 0) is 19.1 Å². The largest absolute Gasteiger partial charge is 0.497 e. The lowest BCUT2D eigenvalue weighted by Gasteiger charge is -2.42. The zero-order valence-corrected chi connectivity index (χ0v) is 19.2. The number of esters is 2. The molecular formula is C26H27NO6. The van der Waals surface area contributed by atoms with E-state index in [0.717, 1.165) is 16.3 Å². The Bertz CT molecular complexity index is 1190. The first-order valence-electron chi connectivity index (χ1n) is 10.9. The first kappa shape index (κ1) is 22.5. The molecular weight excluding hydrogens is 422 g/mol. The highest BCUT2D eigenvalue weighted by Gasteiger charge is 2.46. The van der Waals surface area contributed by atoms with E-state index in [1.807, 2.05) is 49.4 Å². The average Bonchev–Trinajstić information content (AvgIpc) is 2.83. The van der Waals surface area contributed by atoms with Crippen molar-refractivity contribution in [3.05, 3.63) is 65.7 Å². The van der Waals surface area contributed by atoms with E-state index in [-0.39, 0.29) is 13.2 Å². The predicted molar refractivity (Wildman–Crippen MR) is 125 cm³/mol. The first-order chi connectivity index (χ1) is 16.0. The minimum Gasteiger partial charge on any atom is -0.497 e. The second kappa shape index (κ2) is 9.40. The quantitative estimate of drug-likeness (QED) is 0.511. The van der Waals surface area contributed by atoms with Gasteiger partial charge in [0.1, 0.15) is 11.5 Å². The van der Waals surface area contributed by atoms with Gasteiger partial charge in [0.15, 0.2) is 6.04 Å². The summed E-state index contributed by atoms with van der Waals surface area (Å²) in [5, 5.41) is 1.81.